The lowest BCUT2D eigenvalue weighted by Gasteiger charge is -2.06. The lowest BCUT2D eigenvalue weighted by Crippen LogP contribution is -2.05. The van der Waals surface area contributed by atoms with E-state index in [9.17, 15) is 8.78 Å². The minimum atomic E-state index is -0.754. The number of nitrogens with zero attached hydrogens (tertiary/aromatic N) is 1. The molecule has 5 heteroatoms. The van der Waals surface area contributed by atoms with Crippen LogP contribution in [0.15, 0.2) is 36.5 Å². The van der Waals surface area contributed by atoms with E-state index in [0.29, 0.717) is 6.54 Å². The van der Waals surface area contributed by atoms with Gasteiger partial charge in [0.1, 0.15) is 5.82 Å². The average molecular weight is 250 g/mol. The van der Waals surface area contributed by atoms with Crippen LogP contribution in [0.1, 0.15) is 5.56 Å². The number of halogens is 2. The summed E-state index contributed by atoms with van der Waals surface area (Å²) < 4.78 is 31.3. The first-order valence-corrected chi connectivity index (χ1v) is 5.41. The second-order valence-corrected chi connectivity index (χ2v) is 3.71. The molecule has 1 N–H and O–H groups in total. The summed E-state index contributed by atoms with van der Waals surface area (Å²) in [7, 11) is 1.83. The molecule has 0 unspecified atom stereocenters. The van der Waals surface area contributed by atoms with Crippen molar-refractivity contribution in [1.29, 1.82) is 0 Å². The molecule has 2 aromatic rings. The first-order valence-electron chi connectivity index (χ1n) is 5.41. The van der Waals surface area contributed by atoms with Crippen LogP contribution in [0.25, 0.3) is 0 Å². The summed E-state index contributed by atoms with van der Waals surface area (Å²) in [6.45, 7) is 0.693. The fourth-order valence-corrected chi connectivity index (χ4v) is 1.45. The van der Waals surface area contributed by atoms with Crippen LogP contribution in [-0.2, 0) is 6.54 Å². The van der Waals surface area contributed by atoms with Gasteiger partial charge in [-0.1, -0.05) is 6.07 Å². The lowest BCUT2D eigenvalue weighted by atomic mass is 10.3. The van der Waals surface area contributed by atoms with Crippen molar-refractivity contribution in [3.05, 3.63) is 53.7 Å². The van der Waals surface area contributed by atoms with Crippen LogP contribution >= 0.6 is 0 Å². The van der Waals surface area contributed by atoms with Crippen molar-refractivity contribution in [2.45, 2.75) is 6.54 Å². The maximum absolute atomic E-state index is 13.3. The molecule has 0 aliphatic rings. The molecule has 0 fully saturated rings. The van der Waals surface area contributed by atoms with Crippen LogP contribution in [-0.4, -0.2) is 12.0 Å². The molecule has 1 aromatic carbocycles. The van der Waals surface area contributed by atoms with Gasteiger partial charge in [0.15, 0.2) is 11.6 Å². The number of pyridine rings is 1. The molecule has 0 bridgehead atoms. The van der Waals surface area contributed by atoms with Gasteiger partial charge in [-0.2, -0.15) is 0 Å². The van der Waals surface area contributed by atoms with Crippen molar-refractivity contribution >= 4 is 0 Å². The van der Waals surface area contributed by atoms with Crippen LogP contribution in [0.4, 0.5) is 8.78 Å². The number of hydrogen-bond donors (Lipinski definition) is 1. The van der Waals surface area contributed by atoms with E-state index in [1.807, 2.05) is 13.1 Å². The molecule has 1 heterocycles. The number of ether oxygens (including phenoxy) is 1. The fourth-order valence-electron chi connectivity index (χ4n) is 1.45. The lowest BCUT2D eigenvalue weighted by molar-refractivity contribution is 0.423. The smallest absolute Gasteiger partial charge is 0.219 e. The Morgan fingerprint density at radius 2 is 2.06 bits per heavy atom. The summed E-state index contributed by atoms with van der Waals surface area (Å²) in [5.74, 6) is -1.18. The van der Waals surface area contributed by atoms with Gasteiger partial charge in [0.05, 0.1) is 0 Å². The van der Waals surface area contributed by atoms with Gasteiger partial charge < -0.3 is 10.1 Å². The highest BCUT2D eigenvalue weighted by molar-refractivity contribution is 5.29. The number of hydrogen-bond acceptors (Lipinski definition) is 3. The summed E-state index contributed by atoms with van der Waals surface area (Å²) in [4.78, 5) is 4.03. The minimum Gasteiger partial charge on any atom is -0.436 e. The van der Waals surface area contributed by atoms with Gasteiger partial charge in [0, 0.05) is 24.9 Å². The topological polar surface area (TPSA) is 34.1 Å². The third-order valence-corrected chi connectivity index (χ3v) is 2.29. The third kappa shape index (κ3) is 3.01. The third-order valence-electron chi connectivity index (χ3n) is 2.29. The van der Waals surface area contributed by atoms with E-state index in [1.165, 1.54) is 6.07 Å². The first-order chi connectivity index (χ1) is 8.69. The van der Waals surface area contributed by atoms with Crippen molar-refractivity contribution in [2.75, 3.05) is 7.05 Å². The largest absolute Gasteiger partial charge is 0.436 e. The van der Waals surface area contributed by atoms with Crippen molar-refractivity contribution in [2.24, 2.45) is 0 Å². The van der Waals surface area contributed by atoms with E-state index >= 15 is 0 Å². The van der Waals surface area contributed by atoms with Gasteiger partial charge in [-0.25, -0.2) is 13.8 Å². The molecule has 1 aromatic heterocycles. The van der Waals surface area contributed by atoms with Gasteiger partial charge in [-0.15, -0.1) is 0 Å². The summed E-state index contributed by atoms with van der Waals surface area (Å²) in [5, 5.41) is 2.99. The van der Waals surface area contributed by atoms with E-state index in [0.717, 1.165) is 17.7 Å². The predicted molar refractivity (Wildman–Crippen MR) is 63.4 cm³/mol. The zero-order chi connectivity index (χ0) is 13.0. The molecule has 0 radical (unpaired) electrons. The Balaban J connectivity index is 2.13. The van der Waals surface area contributed by atoms with Crippen molar-refractivity contribution in [3.63, 3.8) is 0 Å². The van der Waals surface area contributed by atoms with Gasteiger partial charge in [0.2, 0.25) is 5.88 Å². The van der Waals surface area contributed by atoms with Crippen LogP contribution in [0.2, 0.25) is 0 Å². The van der Waals surface area contributed by atoms with E-state index in [2.05, 4.69) is 10.3 Å². The zero-order valence-corrected chi connectivity index (χ0v) is 9.78. The molecule has 18 heavy (non-hydrogen) atoms. The van der Waals surface area contributed by atoms with E-state index in [1.54, 1.807) is 12.3 Å². The number of benzene rings is 1. The van der Waals surface area contributed by atoms with Gasteiger partial charge in [-0.05, 0) is 24.7 Å². The Hall–Kier alpha value is -2.01. The van der Waals surface area contributed by atoms with Gasteiger partial charge in [-0.3, -0.25) is 0 Å². The van der Waals surface area contributed by atoms with E-state index in [-0.39, 0.29) is 11.6 Å². The second-order valence-electron chi connectivity index (χ2n) is 3.71. The van der Waals surface area contributed by atoms with Crippen LogP contribution in [0.5, 0.6) is 11.6 Å². The number of rotatable bonds is 4. The Morgan fingerprint density at radius 3 is 2.67 bits per heavy atom. The van der Waals surface area contributed by atoms with Gasteiger partial charge >= 0.3 is 0 Å². The van der Waals surface area contributed by atoms with E-state index in [4.69, 9.17) is 4.74 Å². The molecular weight excluding hydrogens is 238 g/mol. The molecule has 0 spiro atoms. The predicted octanol–water partition coefficient (Wildman–Crippen LogP) is 2.87. The molecule has 0 atom stereocenters. The maximum Gasteiger partial charge on any atom is 0.219 e. The maximum atomic E-state index is 13.3. The summed E-state index contributed by atoms with van der Waals surface area (Å²) in [6, 6.07) is 6.59. The molecule has 0 saturated heterocycles. The standard InChI is InChI=1S/C13H12F2N2O/c1-16-7-9-2-5-13(17-8-9)18-12-4-3-10(14)6-11(12)15/h2-6,8,16H,7H2,1H3. The molecule has 0 aliphatic heterocycles. The Kier molecular flexibility index (Phi) is 3.84. The highest BCUT2D eigenvalue weighted by Crippen LogP contribution is 2.23. The monoisotopic (exact) mass is 250 g/mol. The van der Waals surface area contributed by atoms with Gasteiger partial charge in [0.25, 0.3) is 0 Å². The molecule has 0 saturated carbocycles. The molecule has 3 nitrogen and oxygen atoms in total. The van der Waals surface area contributed by atoms with Crippen LogP contribution < -0.4 is 10.1 Å². The Labute approximate surface area is 103 Å². The van der Waals surface area contributed by atoms with E-state index < -0.39 is 11.6 Å². The highest BCUT2D eigenvalue weighted by atomic mass is 19.1. The number of aromatic nitrogens is 1. The molecule has 0 amide bonds. The highest BCUT2D eigenvalue weighted by Gasteiger charge is 2.06. The van der Waals surface area contributed by atoms with Crippen molar-refractivity contribution < 1.29 is 13.5 Å². The van der Waals surface area contributed by atoms with Crippen molar-refractivity contribution in [1.82, 2.24) is 10.3 Å². The Bertz CT molecular complexity index is 529. The summed E-state index contributed by atoms with van der Waals surface area (Å²) in [6.07, 6.45) is 1.63. The first kappa shape index (κ1) is 12.4. The van der Waals surface area contributed by atoms with Crippen LogP contribution in [0.3, 0.4) is 0 Å². The summed E-state index contributed by atoms with van der Waals surface area (Å²) >= 11 is 0. The second kappa shape index (κ2) is 5.55. The van der Waals surface area contributed by atoms with Crippen LogP contribution in [0, 0.1) is 11.6 Å². The van der Waals surface area contributed by atoms with Crippen molar-refractivity contribution in [3.8, 4) is 11.6 Å². The number of nitrogens with one attached hydrogen (secondary N) is 1. The SMILES string of the molecule is CNCc1ccc(Oc2ccc(F)cc2F)nc1. The average Bonchev–Trinajstić information content (AvgIpc) is 2.35. The molecule has 94 valence electrons. The zero-order valence-electron chi connectivity index (χ0n) is 9.78. The summed E-state index contributed by atoms with van der Waals surface area (Å²) in [5.41, 5.74) is 0.990. The quantitative estimate of drug-likeness (QED) is 0.906. The minimum absolute atomic E-state index is 0.0507. The molecule has 0 aliphatic carbocycles. The molecule has 2 rings (SSSR count). The fraction of sp³-hybridized carbons (Fsp3) is 0.154. The normalized spacial score (nSPS) is 10.4. The molecular formula is C13H12F2N2O. The Morgan fingerprint density at radius 1 is 1.22 bits per heavy atom.